The summed E-state index contributed by atoms with van der Waals surface area (Å²) < 4.78 is 6.05. The second kappa shape index (κ2) is 8.83. The molecular weight excluding hydrogens is 432 g/mol. The van der Waals surface area contributed by atoms with Gasteiger partial charge in [0.05, 0.1) is 6.04 Å². The van der Waals surface area contributed by atoms with Crippen molar-refractivity contribution in [1.29, 1.82) is 0 Å². The van der Waals surface area contributed by atoms with Crippen molar-refractivity contribution in [3.63, 3.8) is 0 Å². The molecule has 2 aromatic rings. The molecule has 5 nitrogen and oxygen atoms in total. The molecule has 31 heavy (non-hydrogen) atoms. The first kappa shape index (κ1) is 22.2. The summed E-state index contributed by atoms with van der Waals surface area (Å²) in [7, 11) is 0. The number of hydrogen-bond donors (Lipinski definition) is 0. The lowest BCUT2D eigenvalue weighted by molar-refractivity contribution is -0.147. The lowest BCUT2D eigenvalue weighted by Crippen LogP contribution is -2.53. The largest absolute Gasteiger partial charge is 0.491 e. The molecule has 2 amide bonds. The molecule has 0 bridgehead atoms. The van der Waals surface area contributed by atoms with Crippen molar-refractivity contribution in [3.05, 3.63) is 51.2 Å². The Morgan fingerprint density at radius 1 is 1.19 bits per heavy atom. The van der Waals surface area contributed by atoms with Gasteiger partial charge in [-0.25, -0.2) is 0 Å². The van der Waals surface area contributed by atoms with Gasteiger partial charge in [-0.05, 0) is 81.3 Å². The van der Waals surface area contributed by atoms with Crippen LogP contribution in [-0.2, 0) is 16.0 Å². The van der Waals surface area contributed by atoms with E-state index in [1.807, 2.05) is 37.8 Å². The first-order valence-corrected chi connectivity index (χ1v) is 12.1. The van der Waals surface area contributed by atoms with Crippen LogP contribution >= 0.6 is 22.9 Å². The van der Waals surface area contributed by atoms with Crippen molar-refractivity contribution in [2.75, 3.05) is 19.7 Å². The highest BCUT2D eigenvalue weighted by Gasteiger charge is 2.40. The lowest BCUT2D eigenvalue weighted by Gasteiger charge is -2.40. The monoisotopic (exact) mass is 460 g/mol. The SMILES string of the molecule is CC(C)(C)N(CC(=O)N1CCc2sccc2[C@H]1COc1ccc(Cl)cc1)C(=O)C1CC1. The summed E-state index contributed by atoms with van der Waals surface area (Å²) >= 11 is 7.70. The molecule has 0 spiro atoms. The van der Waals surface area contributed by atoms with Crippen LogP contribution in [0.2, 0.25) is 5.02 Å². The third-order valence-corrected chi connectivity index (χ3v) is 7.18. The van der Waals surface area contributed by atoms with Crippen molar-refractivity contribution in [3.8, 4) is 5.75 Å². The minimum Gasteiger partial charge on any atom is -0.491 e. The van der Waals surface area contributed by atoms with Crippen LogP contribution in [0, 0.1) is 5.92 Å². The molecule has 1 aromatic heterocycles. The van der Waals surface area contributed by atoms with Gasteiger partial charge in [0.15, 0.2) is 0 Å². The third-order valence-electron chi connectivity index (χ3n) is 5.93. The van der Waals surface area contributed by atoms with Crippen molar-refractivity contribution >= 4 is 34.8 Å². The molecule has 7 heteroatoms. The number of rotatable bonds is 6. The number of nitrogens with zero attached hydrogens (tertiary/aromatic N) is 2. The fraction of sp³-hybridized carbons (Fsp3) is 0.500. The summed E-state index contributed by atoms with van der Waals surface area (Å²) in [6, 6.07) is 9.17. The highest BCUT2D eigenvalue weighted by Crippen LogP contribution is 2.36. The number of carbonyl (C=O) groups excluding carboxylic acids is 2. The average molecular weight is 461 g/mol. The minimum absolute atomic E-state index is 0.0227. The molecule has 0 saturated heterocycles. The third kappa shape index (κ3) is 5.07. The number of ether oxygens (including phenoxy) is 1. The quantitative estimate of drug-likeness (QED) is 0.613. The molecule has 0 unspecified atom stereocenters. The molecule has 0 radical (unpaired) electrons. The fourth-order valence-corrected chi connectivity index (χ4v) is 5.06. The number of carbonyl (C=O) groups is 2. The maximum atomic E-state index is 13.5. The first-order chi connectivity index (χ1) is 14.7. The highest BCUT2D eigenvalue weighted by atomic mass is 35.5. The van der Waals surface area contributed by atoms with E-state index in [2.05, 4.69) is 11.4 Å². The Labute approximate surface area is 192 Å². The van der Waals surface area contributed by atoms with Crippen LogP contribution in [-0.4, -0.2) is 46.8 Å². The van der Waals surface area contributed by atoms with E-state index in [1.165, 1.54) is 4.88 Å². The smallest absolute Gasteiger partial charge is 0.242 e. The zero-order valence-electron chi connectivity index (χ0n) is 18.3. The number of hydrogen-bond acceptors (Lipinski definition) is 4. The highest BCUT2D eigenvalue weighted by molar-refractivity contribution is 7.10. The Balaban J connectivity index is 1.52. The zero-order valence-corrected chi connectivity index (χ0v) is 19.8. The van der Waals surface area contributed by atoms with Crippen molar-refractivity contribution in [2.24, 2.45) is 5.92 Å². The number of amides is 2. The van der Waals surface area contributed by atoms with Crippen molar-refractivity contribution < 1.29 is 14.3 Å². The normalized spacial score (nSPS) is 18.5. The Kier molecular flexibility index (Phi) is 6.31. The van der Waals surface area contributed by atoms with E-state index >= 15 is 0 Å². The van der Waals surface area contributed by atoms with E-state index < -0.39 is 5.54 Å². The van der Waals surface area contributed by atoms with E-state index in [-0.39, 0.29) is 30.3 Å². The van der Waals surface area contributed by atoms with Gasteiger partial charge in [-0.1, -0.05) is 11.6 Å². The predicted molar refractivity (Wildman–Crippen MR) is 124 cm³/mol. The van der Waals surface area contributed by atoms with Crippen LogP contribution in [0.3, 0.4) is 0 Å². The summed E-state index contributed by atoms with van der Waals surface area (Å²) in [5, 5.41) is 2.73. The number of thiophene rings is 1. The van der Waals surface area contributed by atoms with Crippen LogP contribution in [0.5, 0.6) is 5.75 Å². The van der Waals surface area contributed by atoms with E-state index in [0.29, 0.717) is 18.2 Å². The van der Waals surface area contributed by atoms with Crippen molar-refractivity contribution in [1.82, 2.24) is 9.80 Å². The maximum Gasteiger partial charge on any atom is 0.242 e. The molecule has 2 heterocycles. The second-order valence-electron chi connectivity index (χ2n) is 9.29. The van der Waals surface area contributed by atoms with E-state index in [9.17, 15) is 9.59 Å². The van der Waals surface area contributed by atoms with Crippen LogP contribution in [0.1, 0.15) is 50.1 Å². The molecule has 1 atom stereocenters. The number of fused-ring (bicyclic) bond motifs is 1. The molecule has 1 saturated carbocycles. The molecule has 2 aliphatic rings. The van der Waals surface area contributed by atoms with E-state index in [0.717, 1.165) is 30.6 Å². The van der Waals surface area contributed by atoms with E-state index in [1.54, 1.807) is 28.4 Å². The standard InChI is InChI=1S/C24H29ClN2O3S/c1-24(2,3)27(23(29)16-4-5-16)14-22(28)26-12-10-21-19(11-13-31-21)20(26)15-30-18-8-6-17(25)7-9-18/h6-9,11,13,16,20H,4-5,10,12,14-15H2,1-3H3/t20-/m1/s1. The summed E-state index contributed by atoms with van der Waals surface area (Å²) in [5.74, 6) is 0.883. The van der Waals surface area contributed by atoms with Crippen LogP contribution in [0.4, 0.5) is 0 Å². The predicted octanol–water partition coefficient (Wildman–Crippen LogP) is 4.94. The van der Waals surface area contributed by atoms with Crippen molar-refractivity contribution in [2.45, 2.75) is 51.6 Å². The maximum absolute atomic E-state index is 13.5. The van der Waals surface area contributed by atoms with Gasteiger partial charge < -0.3 is 14.5 Å². The average Bonchev–Trinajstić information content (AvgIpc) is 3.47. The van der Waals surface area contributed by atoms with Gasteiger partial charge >= 0.3 is 0 Å². The topological polar surface area (TPSA) is 49.9 Å². The molecule has 4 rings (SSSR count). The van der Waals surface area contributed by atoms with E-state index in [4.69, 9.17) is 16.3 Å². The summed E-state index contributed by atoms with van der Waals surface area (Å²) in [6.07, 6.45) is 2.69. The van der Waals surface area contributed by atoms with Gasteiger partial charge in [0.1, 0.15) is 18.9 Å². The number of benzene rings is 1. The van der Waals surface area contributed by atoms with Gasteiger partial charge in [-0.2, -0.15) is 0 Å². The number of halogens is 1. The minimum atomic E-state index is -0.395. The molecule has 1 aromatic carbocycles. The summed E-state index contributed by atoms with van der Waals surface area (Å²) in [5.41, 5.74) is 0.753. The second-order valence-corrected chi connectivity index (χ2v) is 10.7. The molecule has 0 N–H and O–H groups in total. The molecule has 1 aliphatic heterocycles. The Hall–Kier alpha value is -2.05. The molecule has 1 fully saturated rings. The van der Waals surface area contributed by atoms with Crippen LogP contribution < -0.4 is 4.74 Å². The van der Waals surface area contributed by atoms with Gasteiger partial charge in [0, 0.05) is 27.9 Å². The summed E-state index contributed by atoms with van der Waals surface area (Å²) in [6.45, 7) is 7.09. The Morgan fingerprint density at radius 3 is 2.55 bits per heavy atom. The Morgan fingerprint density at radius 2 is 1.90 bits per heavy atom. The summed E-state index contributed by atoms with van der Waals surface area (Å²) in [4.78, 5) is 31.3. The first-order valence-electron chi connectivity index (χ1n) is 10.8. The Bertz CT molecular complexity index is 946. The fourth-order valence-electron chi connectivity index (χ4n) is 4.00. The lowest BCUT2D eigenvalue weighted by atomic mass is 9.99. The van der Waals surface area contributed by atoms with Gasteiger partial charge in [0.25, 0.3) is 0 Å². The van der Waals surface area contributed by atoms with Crippen LogP contribution in [0.25, 0.3) is 0 Å². The van der Waals surface area contributed by atoms with Gasteiger partial charge in [-0.15, -0.1) is 11.3 Å². The molecule has 1 aliphatic carbocycles. The van der Waals surface area contributed by atoms with Gasteiger partial charge in [-0.3, -0.25) is 9.59 Å². The molecular formula is C24H29ClN2O3S. The zero-order chi connectivity index (χ0) is 22.2. The molecule has 166 valence electrons. The van der Waals surface area contributed by atoms with Crippen LogP contribution in [0.15, 0.2) is 35.7 Å². The van der Waals surface area contributed by atoms with Gasteiger partial charge in [0.2, 0.25) is 11.8 Å².